The van der Waals surface area contributed by atoms with Gasteiger partial charge in [-0.1, -0.05) is 107 Å². The Kier molecular flexibility index (Phi) is 4.29. The number of hydrogen-bond acceptors (Lipinski definition) is 2. The lowest BCUT2D eigenvalue weighted by atomic mass is 10.1. The second-order valence-electron chi connectivity index (χ2n) is 8.41. The fourth-order valence-corrected chi connectivity index (χ4v) is 5.54. The van der Waals surface area contributed by atoms with Gasteiger partial charge >= 0.3 is 0 Å². The van der Waals surface area contributed by atoms with Crippen LogP contribution in [0.3, 0.4) is 0 Å². The van der Waals surface area contributed by atoms with Crippen molar-refractivity contribution >= 4 is 59.4 Å². The molecule has 0 spiro atoms. The van der Waals surface area contributed by atoms with E-state index in [1.807, 2.05) is 18.2 Å². The van der Waals surface area contributed by atoms with Gasteiger partial charge < -0.3 is 0 Å². The van der Waals surface area contributed by atoms with E-state index in [2.05, 4.69) is 111 Å². The van der Waals surface area contributed by atoms with Gasteiger partial charge in [-0.15, -0.1) is 0 Å². The van der Waals surface area contributed by atoms with Gasteiger partial charge in [0.25, 0.3) is 0 Å². The lowest BCUT2D eigenvalue weighted by molar-refractivity contribution is 1.02. The van der Waals surface area contributed by atoms with Gasteiger partial charge in [-0.2, -0.15) is 0 Å². The molecular weight excluding hydrogens is 482 g/mol. The van der Waals surface area contributed by atoms with E-state index in [0.717, 1.165) is 37.7 Å². The van der Waals surface area contributed by atoms with E-state index < -0.39 is 0 Å². The molecule has 7 aromatic rings. The number of halogens is 1. The van der Waals surface area contributed by atoms with Crippen molar-refractivity contribution in [2.45, 2.75) is 0 Å². The highest BCUT2D eigenvalue weighted by molar-refractivity contribution is 9.10. The Morgan fingerprint density at radius 2 is 1.21 bits per heavy atom. The van der Waals surface area contributed by atoms with E-state index in [1.165, 1.54) is 21.5 Å². The Morgan fingerprint density at radius 1 is 0.559 bits per heavy atom. The maximum atomic E-state index is 5.18. The topological polar surface area (TPSA) is 30.7 Å². The van der Waals surface area contributed by atoms with Crippen LogP contribution in [-0.4, -0.2) is 14.5 Å². The summed E-state index contributed by atoms with van der Waals surface area (Å²) in [4.78, 5) is 10.3. The van der Waals surface area contributed by atoms with Gasteiger partial charge in [0.15, 0.2) is 0 Å². The van der Waals surface area contributed by atoms with Gasteiger partial charge in [-0.25, -0.2) is 9.97 Å². The maximum Gasteiger partial charge on any atom is 0.235 e. The van der Waals surface area contributed by atoms with Crippen molar-refractivity contribution in [2.24, 2.45) is 0 Å². The molecule has 160 valence electrons. The minimum Gasteiger partial charge on any atom is -0.277 e. The highest BCUT2D eigenvalue weighted by Gasteiger charge is 2.19. The molecule has 0 amide bonds. The number of fused-ring (bicyclic) bond motifs is 6. The summed E-state index contributed by atoms with van der Waals surface area (Å²) in [7, 11) is 0. The highest BCUT2D eigenvalue weighted by Crippen LogP contribution is 2.39. The first kappa shape index (κ1) is 19.4. The Bertz CT molecular complexity index is 1870. The largest absolute Gasteiger partial charge is 0.277 e. The molecule has 0 radical (unpaired) electrons. The molecule has 0 unspecified atom stereocenters. The van der Waals surface area contributed by atoms with Crippen molar-refractivity contribution < 1.29 is 0 Å². The van der Waals surface area contributed by atoms with E-state index >= 15 is 0 Å². The zero-order valence-electron chi connectivity index (χ0n) is 18.1. The van der Waals surface area contributed by atoms with Crippen molar-refractivity contribution in [3.63, 3.8) is 0 Å². The number of hydrogen-bond donors (Lipinski definition) is 0. The SMILES string of the molecule is Brc1cc2c3ccccc3n(-c3nc(-c4ccccc4)c4ccccc4n3)c2c2ccccc12. The van der Waals surface area contributed by atoms with Gasteiger partial charge in [-0.05, 0) is 23.6 Å². The van der Waals surface area contributed by atoms with Crippen molar-refractivity contribution in [2.75, 3.05) is 0 Å². The molecule has 0 aliphatic heterocycles. The summed E-state index contributed by atoms with van der Waals surface area (Å²) in [6.45, 7) is 0. The van der Waals surface area contributed by atoms with Crippen LogP contribution in [0.4, 0.5) is 0 Å². The third-order valence-corrected chi connectivity index (χ3v) is 7.12. The second kappa shape index (κ2) is 7.51. The third kappa shape index (κ3) is 2.82. The van der Waals surface area contributed by atoms with Gasteiger partial charge in [-0.3, -0.25) is 4.57 Å². The van der Waals surface area contributed by atoms with Crippen LogP contribution in [0.1, 0.15) is 0 Å². The van der Waals surface area contributed by atoms with Gasteiger partial charge in [0.2, 0.25) is 5.95 Å². The van der Waals surface area contributed by atoms with Crippen LogP contribution in [0.5, 0.6) is 0 Å². The van der Waals surface area contributed by atoms with E-state index in [1.54, 1.807) is 0 Å². The predicted octanol–water partition coefficient (Wildman–Crippen LogP) is 8.31. The molecule has 7 rings (SSSR count). The standard InChI is InChI=1S/C30H18BrN3/c31-25-18-24-21-13-7-9-17-27(21)34(29(24)22-14-5-4-12-20(22)25)30-32-26-16-8-6-15-23(26)28(33-30)19-10-2-1-3-11-19/h1-18H. The monoisotopic (exact) mass is 499 g/mol. The molecule has 5 aromatic carbocycles. The van der Waals surface area contributed by atoms with E-state index in [-0.39, 0.29) is 0 Å². The second-order valence-corrected chi connectivity index (χ2v) is 9.26. The number of para-hydroxylation sites is 2. The Hall–Kier alpha value is -4.02. The molecule has 0 fully saturated rings. The fraction of sp³-hybridized carbons (Fsp3) is 0. The summed E-state index contributed by atoms with van der Waals surface area (Å²) in [5.74, 6) is 0.677. The predicted molar refractivity (Wildman–Crippen MR) is 145 cm³/mol. The summed E-state index contributed by atoms with van der Waals surface area (Å²) in [6, 6.07) is 37.8. The first-order chi connectivity index (χ1) is 16.8. The summed E-state index contributed by atoms with van der Waals surface area (Å²) >= 11 is 3.80. The average molecular weight is 500 g/mol. The summed E-state index contributed by atoms with van der Waals surface area (Å²) in [5, 5.41) is 5.75. The number of nitrogens with zero attached hydrogens (tertiary/aromatic N) is 3. The molecule has 34 heavy (non-hydrogen) atoms. The van der Waals surface area contributed by atoms with Crippen molar-refractivity contribution in [3.05, 3.63) is 114 Å². The molecule has 0 saturated heterocycles. The molecular formula is C30H18BrN3. The van der Waals surface area contributed by atoms with Crippen LogP contribution in [0.25, 0.3) is 60.7 Å². The Balaban J connectivity index is 1.68. The summed E-state index contributed by atoms with van der Waals surface area (Å²) in [6.07, 6.45) is 0. The van der Waals surface area contributed by atoms with Crippen molar-refractivity contribution in [3.8, 4) is 17.2 Å². The minimum absolute atomic E-state index is 0.677. The van der Waals surface area contributed by atoms with Crippen LogP contribution in [0, 0.1) is 0 Å². The van der Waals surface area contributed by atoms with E-state index in [0.29, 0.717) is 5.95 Å². The Labute approximate surface area is 204 Å². The summed E-state index contributed by atoms with van der Waals surface area (Å²) < 4.78 is 3.31. The zero-order valence-corrected chi connectivity index (χ0v) is 19.7. The van der Waals surface area contributed by atoms with Crippen LogP contribution in [0.15, 0.2) is 114 Å². The number of rotatable bonds is 2. The van der Waals surface area contributed by atoms with Crippen LogP contribution in [-0.2, 0) is 0 Å². The van der Waals surface area contributed by atoms with E-state index in [4.69, 9.17) is 9.97 Å². The molecule has 2 aromatic heterocycles. The average Bonchev–Trinajstić information content (AvgIpc) is 3.23. The van der Waals surface area contributed by atoms with Gasteiger partial charge in [0, 0.05) is 31.6 Å². The molecule has 0 saturated carbocycles. The lowest BCUT2D eigenvalue weighted by Crippen LogP contribution is -2.03. The molecule has 0 aliphatic rings. The maximum absolute atomic E-state index is 5.18. The molecule has 2 heterocycles. The van der Waals surface area contributed by atoms with Crippen molar-refractivity contribution in [1.29, 1.82) is 0 Å². The molecule has 4 heteroatoms. The molecule has 3 nitrogen and oxygen atoms in total. The quantitative estimate of drug-likeness (QED) is 0.239. The lowest BCUT2D eigenvalue weighted by Gasteiger charge is -2.13. The molecule has 0 bridgehead atoms. The number of benzene rings is 5. The minimum atomic E-state index is 0.677. The van der Waals surface area contributed by atoms with Crippen molar-refractivity contribution in [1.82, 2.24) is 14.5 Å². The Morgan fingerprint density at radius 3 is 2.03 bits per heavy atom. The summed E-state index contributed by atoms with van der Waals surface area (Å²) in [5.41, 5.74) is 5.16. The highest BCUT2D eigenvalue weighted by atomic mass is 79.9. The smallest absolute Gasteiger partial charge is 0.235 e. The van der Waals surface area contributed by atoms with E-state index in [9.17, 15) is 0 Å². The number of aromatic nitrogens is 3. The van der Waals surface area contributed by atoms with Crippen LogP contribution < -0.4 is 0 Å². The zero-order chi connectivity index (χ0) is 22.6. The molecule has 0 aliphatic carbocycles. The van der Waals surface area contributed by atoms with Crippen LogP contribution >= 0.6 is 15.9 Å². The first-order valence-electron chi connectivity index (χ1n) is 11.2. The third-order valence-electron chi connectivity index (χ3n) is 6.46. The first-order valence-corrected chi connectivity index (χ1v) is 12.0. The molecule has 0 N–H and O–H groups in total. The van der Waals surface area contributed by atoms with Gasteiger partial charge in [0.05, 0.1) is 22.2 Å². The normalized spacial score (nSPS) is 11.7. The van der Waals surface area contributed by atoms with Gasteiger partial charge in [0.1, 0.15) is 0 Å². The fourth-order valence-electron chi connectivity index (χ4n) is 4.97. The van der Waals surface area contributed by atoms with Crippen LogP contribution in [0.2, 0.25) is 0 Å². The molecule has 0 atom stereocenters.